The van der Waals surface area contributed by atoms with Crippen LogP contribution in [0.5, 0.6) is 5.75 Å². The first-order valence-electron chi connectivity index (χ1n) is 4.27. The van der Waals surface area contributed by atoms with Crippen molar-refractivity contribution in [2.45, 2.75) is 6.92 Å². The Kier molecular flexibility index (Phi) is 4.13. The summed E-state index contributed by atoms with van der Waals surface area (Å²) in [6, 6.07) is 1.56. The Morgan fingerprint density at radius 2 is 2.33 bits per heavy atom. The molecule has 2 N–H and O–H groups in total. The van der Waals surface area contributed by atoms with Crippen molar-refractivity contribution in [3.8, 4) is 5.75 Å². The van der Waals surface area contributed by atoms with Crippen molar-refractivity contribution < 1.29 is 14.3 Å². The van der Waals surface area contributed by atoms with E-state index in [1.807, 2.05) is 22.6 Å². The SMILES string of the molecule is CCOC(=O)c1nc(I)c(N)cc1OC. The largest absolute Gasteiger partial charge is 0.494 e. The number of nitrogens with zero attached hydrogens (tertiary/aromatic N) is 1. The summed E-state index contributed by atoms with van der Waals surface area (Å²) in [4.78, 5) is 15.5. The van der Waals surface area contributed by atoms with Crippen LogP contribution in [0.15, 0.2) is 6.07 Å². The van der Waals surface area contributed by atoms with Crippen molar-refractivity contribution in [3.05, 3.63) is 15.5 Å². The minimum absolute atomic E-state index is 0.151. The van der Waals surface area contributed by atoms with E-state index in [2.05, 4.69) is 4.98 Å². The molecule has 0 radical (unpaired) electrons. The molecule has 0 aliphatic carbocycles. The van der Waals surface area contributed by atoms with Crippen molar-refractivity contribution in [2.75, 3.05) is 19.5 Å². The maximum absolute atomic E-state index is 11.5. The van der Waals surface area contributed by atoms with Crippen molar-refractivity contribution in [3.63, 3.8) is 0 Å². The average Bonchev–Trinajstić information content (AvgIpc) is 2.21. The standard InChI is InChI=1S/C9H11IN2O3/c1-3-15-9(13)7-6(14-2)4-5(11)8(10)12-7/h4H,3,11H2,1-2H3. The van der Waals surface area contributed by atoms with Gasteiger partial charge in [0, 0.05) is 6.07 Å². The minimum atomic E-state index is -0.507. The third kappa shape index (κ3) is 2.71. The number of nitrogen functional groups attached to an aromatic ring is 1. The maximum atomic E-state index is 11.5. The van der Waals surface area contributed by atoms with Gasteiger partial charge >= 0.3 is 5.97 Å². The van der Waals surface area contributed by atoms with Gasteiger partial charge in [0.25, 0.3) is 0 Å². The second-order valence-electron chi connectivity index (χ2n) is 2.64. The van der Waals surface area contributed by atoms with Crippen LogP contribution in [0.1, 0.15) is 17.4 Å². The van der Waals surface area contributed by atoms with Crippen molar-refractivity contribution >= 4 is 34.2 Å². The predicted octanol–water partition coefficient (Wildman–Crippen LogP) is 1.45. The molecular formula is C9H11IN2O3. The van der Waals surface area contributed by atoms with E-state index >= 15 is 0 Å². The fourth-order valence-corrected chi connectivity index (χ4v) is 1.39. The van der Waals surface area contributed by atoms with Gasteiger partial charge in [-0.3, -0.25) is 0 Å². The van der Waals surface area contributed by atoms with Gasteiger partial charge in [-0.05, 0) is 29.5 Å². The number of pyridine rings is 1. The summed E-state index contributed by atoms with van der Waals surface area (Å²) in [6.45, 7) is 2.03. The van der Waals surface area contributed by atoms with Crippen LogP contribution < -0.4 is 10.5 Å². The van der Waals surface area contributed by atoms with Crippen LogP contribution in [0, 0.1) is 3.70 Å². The van der Waals surface area contributed by atoms with Crippen LogP contribution in [0.3, 0.4) is 0 Å². The quantitative estimate of drug-likeness (QED) is 0.518. The molecule has 1 aromatic heterocycles. The van der Waals surface area contributed by atoms with Crippen LogP contribution in [-0.4, -0.2) is 24.7 Å². The molecule has 5 nitrogen and oxygen atoms in total. The number of methoxy groups -OCH3 is 1. The molecule has 0 aliphatic heterocycles. The highest BCUT2D eigenvalue weighted by Gasteiger charge is 2.17. The molecule has 6 heteroatoms. The van der Waals surface area contributed by atoms with Gasteiger partial charge < -0.3 is 15.2 Å². The molecule has 0 spiro atoms. The minimum Gasteiger partial charge on any atom is -0.494 e. The lowest BCUT2D eigenvalue weighted by atomic mass is 10.3. The zero-order valence-electron chi connectivity index (χ0n) is 8.41. The number of aromatic nitrogens is 1. The van der Waals surface area contributed by atoms with Crippen LogP contribution in [0.4, 0.5) is 5.69 Å². The molecule has 0 fully saturated rings. The zero-order valence-corrected chi connectivity index (χ0v) is 10.6. The summed E-state index contributed by atoms with van der Waals surface area (Å²) in [5.74, 6) is -0.182. The molecule has 1 heterocycles. The summed E-state index contributed by atoms with van der Waals surface area (Å²) in [5.41, 5.74) is 6.26. The summed E-state index contributed by atoms with van der Waals surface area (Å²) in [7, 11) is 1.45. The number of nitrogens with two attached hydrogens (primary N) is 1. The molecule has 1 rings (SSSR count). The van der Waals surface area contributed by atoms with Gasteiger partial charge in [0.05, 0.1) is 19.4 Å². The fourth-order valence-electron chi connectivity index (χ4n) is 0.988. The molecule has 0 aliphatic rings. The molecule has 1 aromatic rings. The highest BCUT2D eigenvalue weighted by molar-refractivity contribution is 14.1. The van der Waals surface area contributed by atoms with Gasteiger partial charge in [-0.15, -0.1) is 0 Å². The van der Waals surface area contributed by atoms with E-state index in [1.165, 1.54) is 7.11 Å². The van der Waals surface area contributed by atoms with E-state index in [0.29, 0.717) is 21.7 Å². The van der Waals surface area contributed by atoms with Crippen molar-refractivity contribution in [1.29, 1.82) is 0 Å². The number of carbonyl (C=O) groups excluding carboxylic acids is 1. The second kappa shape index (κ2) is 5.15. The molecule has 0 bridgehead atoms. The summed E-state index contributed by atoms with van der Waals surface area (Å²) in [6.07, 6.45) is 0. The number of rotatable bonds is 3. The van der Waals surface area contributed by atoms with Gasteiger partial charge in [0.1, 0.15) is 3.70 Å². The van der Waals surface area contributed by atoms with Gasteiger partial charge in [0.2, 0.25) is 0 Å². The Morgan fingerprint density at radius 3 is 2.87 bits per heavy atom. The Hall–Kier alpha value is -1.05. The molecule has 0 atom stereocenters. The number of anilines is 1. The molecule has 0 saturated carbocycles. The lowest BCUT2D eigenvalue weighted by Gasteiger charge is -2.08. The highest BCUT2D eigenvalue weighted by atomic mass is 127. The first-order chi connectivity index (χ1) is 7.10. The van der Waals surface area contributed by atoms with E-state index in [0.717, 1.165) is 0 Å². The van der Waals surface area contributed by atoms with Gasteiger partial charge in [0.15, 0.2) is 11.4 Å². The molecular weight excluding hydrogens is 311 g/mol. The smallest absolute Gasteiger partial charge is 0.360 e. The molecule has 0 unspecified atom stereocenters. The van der Waals surface area contributed by atoms with Crippen LogP contribution in [0.2, 0.25) is 0 Å². The van der Waals surface area contributed by atoms with E-state index in [9.17, 15) is 4.79 Å². The van der Waals surface area contributed by atoms with Crippen molar-refractivity contribution in [2.24, 2.45) is 0 Å². The zero-order chi connectivity index (χ0) is 11.4. The summed E-state index contributed by atoms with van der Waals surface area (Å²) in [5, 5.41) is 0. The number of ether oxygens (including phenoxy) is 2. The van der Waals surface area contributed by atoms with E-state index < -0.39 is 5.97 Å². The highest BCUT2D eigenvalue weighted by Crippen LogP contribution is 2.23. The molecule has 0 amide bonds. The number of hydrogen-bond donors (Lipinski definition) is 1. The van der Waals surface area contributed by atoms with Crippen LogP contribution in [0.25, 0.3) is 0 Å². The van der Waals surface area contributed by atoms with Crippen LogP contribution in [-0.2, 0) is 4.74 Å². The topological polar surface area (TPSA) is 74.4 Å². The summed E-state index contributed by atoms with van der Waals surface area (Å²) >= 11 is 1.95. The molecule has 15 heavy (non-hydrogen) atoms. The monoisotopic (exact) mass is 322 g/mol. The third-order valence-electron chi connectivity index (χ3n) is 1.66. The van der Waals surface area contributed by atoms with E-state index in [1.54, 1.807) is 13.0 Å². The Labute approximate surface area is 101 Å². The van der Waals surface area contributed by atoms with E-state index in [4.69, 9.17) is 15.2 Å². The lowest BCUT2D eigenvalue weighted by molar-refractivity contribution is 0.0515. The molecule has 0 aromatic carbocycles. The first-order valence-corrected chi connectivity index (χ1v) is 5.35. The first kappa shape index (κ1) is 12.0. The number of hydrogen-bond acceptors (Lipinski definition) is 5. The van der Waals surface area contributed by atoms with Gasteiger partial charge in [-0.2, -0.15) is 0 Å². The Morgan fingerprint density at radius 1 is 1.67 bits per heavy atom. The van der Waals surface area contributed by atoms with Gasteiger partial charge in [-0.1, -0.05) is 0 Å². The molecule has 0 saturated heterocycles. The van der Waals surface area contributed by atoms with E-state index in [-0.39, 0.29) is 5.69 Å². The number of halogens is 1. The normalized spacial score (nSPS) is 9.80. The Balaban J connectivity index is 3.15. The third-order valence-corrected chi connectivity index (χ3v) is 2.52. The fraction of sp³-hybridized carbons (Fsp3) is 0.333. The molecule has 82 valence electrons. The van der Waals surface area contributed by atoms with Crippen molar-refractivity contribution in [1.82, 2.24) is 4.98 Å². The van der Waals surface area contributed by atoms with Gasteiger partial charge in [-0.25, -0.2) is 9.78 Å². The number of esters is 1. The summed E-state index contributed by atoms with van der Waals surface area (Å²) < 4.78 is 10.4. The predicted molar refractivity (Wildman–Crippen MR) is 63.9 cm³/mol. The number of carbonyl (C=O) groups is 1. The second-order valence-corrected chi connectivity index (χ2v) is 3.66. The lowest BCUT2D eigenvalue weighted by Crippen LogP contribution is -2.11. The average molecular weight is 322 g/mol. The maximum Gasteiger partial charge on any atom is 0.360 e. The van der Waals surface area contributed by atoms with Crippen LogP contribution >= 0.6 is 22.6 Å². The Bertz CT molecular complexity index is 382.